The largest absolute Gasteiger partial charge is 0.454 e. The molecule has 144 valence electrons. The minimum atomic E-state index is 0.285. The molecule has 1 N–H and O–H groups in total. The predicted molar refractivity (Wildman–Crippen MR) is 114 cm³/mol. The van der Waals surface area contributed by atoms with E-state index in [4.69, 9.17) is 14.5 Å². The molecule has 0 atom stereocenters. The summed E-state index contributed by atoms with van der Waals surface area (Å²) < 4.78 is 11.1. The highest BCUT2D eigenvalue weighted by atomic mass is 32.1. The molecular weight excluding hydrogens is 368 g/mol. The van der Waals surface area contributed by atoms with Crippen LogP contribution in [0, 0.1) is 0 Å². The average Bonchev–Trinajstić information content (AvgIpc) is 3.41. The quantitative estimate of drug-likeness (QED) is 0.433. The lowest BCUT2D eigenvalue weighted by atomic mass is 9.97. The standard InChI is InChI=1S/C23H24N2O2S/c1-2-4-16(5-3-1)6-8-24-13-19-10-18-11-21-22(27-15-26-21)12-20(18)25-23(19)17-7-9-28-14-17/h4,7,9-12,14,24H,1-3,5-6,8,13,15H2. The van der Waals surface area contributed by atoms with Crippen molar-refractivity contribution in [3.63, 3.8) is 0 Å². The van der Waals surface area contributed by atoms with Gasteiger partial charge >= 0.3 is 0 Å². The van der Waals surface area contributed by atoms with Crippen LogP contribution >= 0.6 is 11.3 Å². The molecule has 0 unspecified atom stereocenters. The number of benzene rings is 1. The summed E-state index contributed by atoms with van der Waals surface area (Å²) in [6, 6.07) is 8.41. The number of hydrogen-bond donors (Lipinski definition) is 1. The first kappa shape index (κ1) is 17.7. The molecule has 0 saturated carbocycles. The van der Waals surface area contributed by atoms with Gasteiger partial charge in [-0.1, -0.05) is 11.6 Å². The fourth-order valence-corrected chi connectivity index (χ4v) is 4.64. The lowest BCUT2D eigenvalue weighted by Gasteiger charge is -2.14. The van der Waals surface area contributed by atoms with Crippen molar-refractivity contribution in [2.75, 3.05) is 13.3 Å². The van der Waals surface area contributed by atoms with Crippen molar-refractivity contribution in [2.45, 2.75) is 38.6 Å². The lowest BCUT2D eigenvalue weighted by molar-refractivity contribution is 0.174. The molecule has 0 saturated heterocycles. The van der Waals surface area contributed by atoms with E-state index in [1.54, 1.807) is 16.9 Å². The monoisotopic (exact) mass is 392 g/mol. The van der Waals surface area contributed by atoms with Gasteiger partial charge in [-0.05, 0) is 67.8 Å². The molecule has 2 aromatic heterocycles. The fourth-order valence-electron chi connectivity index (χ4n) is 4.00. The first-order valence-corrected chi connectivity index (χ1v) is 11.0. The Morgan fingerprint density at radius 3 is 2.86 bits per heavy atom. The smallest absolute Gasteiger partial charge is 0.231 e. The highest BCUT2D eigenvalue weighted by molar-refractivity contribution is 7.08. The number of nitrogens with zero attached hydrogens (tertiary/aromatic N) is 1. The zero-order valence-corrected chi connectivity index (χ0v) is 16.7. The normalized spacial score (nSPS) is 15.8. The Morgan fingerprint density at radius 2 is 2.04 bits per heavy atom. The van der Waals surface area contributed by atoms with Crippen LogP contribution in [0.2, 0.25) is 0 Å². The highest BCUT2D eigenvalue weighted by Gasteiger charge is 2.17. The lowest BCUT2D eigenvalue weighted by Crippen LogP contribution is -2.16. The third-order valence-electron chi connectivity index (χ3n) is 5.51. The first-order valence-electron chi connectivity index (χ1n) is 10.0. The maximum absolute atomic E-state index is 5.54. The number of pyridine rings is 1. The third-order valence-corrected chi connectivity index (χ3v) is 6.19. The molecule has 0 radical (unpaired) electrons. The molecule has 5 rings (SSSR count). The van der Waals surface area contributed by atoms with Gasteiger partial charge in [-0.15, -0.1) is 0 Å². The van der Waals surface area contributed by atoms with Gasteiger partial charge in [0.25, 0.3) is 0 Å². The zero-order chi connectivity index (χ0) is 18.8. The van der Waals surface area contributed by atoms with Crippen LogP contribution < -0.4 is 14.8 Å². The van der Waals surface area contributed by atoms with Crippen LogP contribution in [-0.4, -0.2) is 18.3 Å². The van der Waals surface area contributed by atoms with Gasteiger partial charge in [0, 0.05) is 28.9 Å². The number of ether oxygens (including phenoxy) is 2. The Kier molecular flexibility index (Phi) is 5.02. The van der Waals surface area contributed by atoms with Crippen LogP contribution in [0.15, 0.2) is 46.7 Å². The Bertz CT molecular complexity index is 1010. The number of nitrogens with one attached hydrogen (secondary N) is 1. The Balaban J connectivity index is 1.40. The van der Waals surface area contributed by atoms with Gasteiger partial charge in [0.15, 0.2) is 11.5 Å². The van der Waals surface area contributed by atoms with Crippen LogP contribution in [0.3, 0.4) is 0 Å². The van der Waals surface area contributed by atoms with E-state index in [0.717, 1.165) is 47.6 Å². The van der Waals surface area contributed by atoms with Crippen LogP contribution in [0.1, 0.15) is 37.7 Å². The number of thiophene rings is 1. The van der Waals surface area contributed by atoms with Gasteiger partial charge in [-0.2, -0.15) is 11.3 Å². The van der Waals surface area contributed by atoms with E-state index in [-0.39, 0.29) is 6.79 Å². The second kappa shape index (κ2) is 7.94. The Hall–Kier alpha value is -2.37. The predicted octanol–water partition coefficient (Wildman–Crippen LogP) is 5.67. The second-order valence-corrected chi connectivity index (χ2v) is 8.22. The van der Waals surface area contributed by atoms with Gasteiger partial charge in [0.2, 0.25) is 6.79 Å². The van der Waals surface area contributed by atoms with E-state index < -0.39 is 0 Å². The molecule has 0 amide bonds. The van der Waals surface area contributed by atoms with Gasteiger partial charge in [0.1, 0.15) is 0 Å². The topological polar surface area (TPSA) is 43.4 Å². The number of fused-ring (bicyclic) bond motifs is 2. The van der Waals surface area contributed by atoms with E-state index in [9.17, 15) is 0 Å². The minimum Gasteiger partial charge on any atom is -0.454 e. The summed E-state index contributed by atoms with van der Waals surface area (Å²) in [5.74, 6) is 1.59. The molecule has 1 aliphatic heterocycles. The molecule has 0 fully saturated rings. The Labute approximate surface area is 169 Å². The van der Waals surface area contributed by atoms with Crippen LogP contribution in [0.5, 0.6) is 11.5 Å². The molecule has 1 aliphatic carbocycles. The summed E-state index contributed by atoms with van der Waals surface area (Å²) in [6.45, 7) is 2.11. The maximum atomic E-state index is 5.54. The number of hydrogen-bond acceptors (Lipinski definition) is 5. The molecule has 1 aromatic carbocycles. The zero-order valence-electron chi connectivity index (χ0n) is 15.9. The summed E-state index contributed by atoms with van der Waals surface area (Å²) in [7, 11) is 0. The van der Waals surface area contributed by atoms with Gasteiger partial charge in [-0.25, -0.2) is 4.98 Å². The summed E-state index contributed by atoms with van der Waals surface area (Å²) in [5, 5.41) is 9.00. The maximum Gasteiger partial charge on any atom is 0.231 e. The number of aromatic nitrogens is 1. The van der Waals surface area contributed by atoms with Crippen molar-refractivity contribution >= 4 is 22.2 Å². The molecule has 3 heterocycles. The van der Waals surface area contributed by atoms with E-state index in [2.05, 4.69) is 34.3 Å². The average molecular weight is 393 g/mol. The third kappa shape index (κ3) is 3.64. The summed E-state index contributed by atoms with van der Waals surface area (Å²) in [4.78, 5) is 4.98. The summed E-state index contributed by atoms with van der Waals surface area (Å²) >= 11 is 1.70. The fraction of sp³-hybridized carbons (Fsp3) is 0.348. The molecule has 5 heteroatoms. The summed E-state index contributed by atoms with van der Waals surface area (Å²) in [6.07, 6.45) is 8.80. The highest BCUT2D eigenvalue weighted by Crippen LogP contribution is 2.37. The summed E-state index contributed by atoms with van der Waals surface area (Å²) in [5.41, 5.74) is 6.01. The molecule has 0 spiro atoms. The van der Waals surface area contributed by atoms with Gasteiger partial charge in [-0.3, -0.25) is 0 Å². The molecule has 4 nitrogen and oxygen atoms in total. The number of rotatable bonds is 6. The van der Waals surface area contributed by atoms with Crippen molar-refractivity contribution < 1.29 is 9.47 Å². The van der Waals surface area contributed by atoms with Crippen molar-refractivity contribution in [1.82, 2.24) is 10.3 Å². The van der Waals surface area contributed by atoms with Crippen molar-refractivity contribution in [2.24, 2.45) is 0 Å². The van der Waals surface area contributed by atoms with Crippen molar-refractivity contribution in [3.05, 3.63) is 52.2 Å². The minimum absolute atomic E-state index is 0.285. The molecular formula is C23H24N2O2S. The van der Waals surface area contributed by atoms with Crippen molar-refractivity contribution in [1.29, 1.82) is 0 Å². The van der Waals surface area contributed by atoms with Crippen LogP contribution in [-0.2, 0) is 6.54 Å². The first-order chi connectivity index (χ1) is 13.9. The van der Waals surface area contributed by atoms with E-state index in [0.29, 0.717) is 0 Å². The number of allylic oxidation sites excluding steroid dienone is 1. The Morgan fingerprint density at radius 1 is 1.11 bits per heavy atom. The van der Waals surface area contributed by atoms with E-state index in [1.165, 1.54) is 36.8 Å². The van der Waals surface area contributed by atoms with Gasteiger partial charge in [0.05, 0.1) is 11.2 Å². The van der Waals surface area contributed by atoms with Crippen molar-refractivity contribution in [3.8, 4) is 22.8 Å². The second-order valence-electron chi connectivity index (χ2n) is 7.44. The molecule has 2 aliphatic rings. The molecule has 3 aromatic rings. The van der Waals surface area contributed by atoms with E-state index in [1.807, 2.05) is 12.1 Å². The molecule has 28 heavy (non-hydrogen) atoms. The molecule has 0 bridgehead atoms. The van der Waals surface area contributed by atoms with Gasteiger partial charge < -0.3 is 14.8 Å². The van der Waals surface area contributed by atoms with Crippen LogP contribution in [0.25, 0.3) is 22.2 Å². The van der Waals surface area contributed by atoms with E-state index >= 15 is 0 Å². The SMILES string of the molecule is C1=C(CCNCc2cc3cc4c(cc3nc2-c2ccsc2)OCO4)CCCC1. The van der Waals surface area contributed by atoms with Crippen LogP contribution in [0.4, 0.5) is 0 Å².